The van der Waals surface area contributed by atoms with E-state index >= 15 is 0 Å². The first-order valence-corrected chi connectivity index (χ1v) is 13.5. The molecule has 4 aliphatic carbocycles. The van der Waals surface area contributed by atoms with E-state index in [1.807, 2.05) is 13.8 Å². The van der Waals surface area contributed by atoms with E-state index in [0.717, 1.165) is 47.3 Å². The van der Waals surface area contributed by atoms with E-state index < -0.39 is 0 Å². The second kappa shape index (κ2) is 9.87. The van der Waals surface area contributed by atoms with Crippen LogP contribution in [0.15, 0.2) is 0 Å². The SMILES string of the molecule is CC.CC(C)C(C)CCCC1CCC2C3CCC4CCCCC4C3CCC12C. The summed E-state index contributed by atoms with van der Waals surface area (Å²) in [6.45, 7) is 14.0. The molecule has 4 rings (SSSR count). The summed E-state index contributed by atoms with van der Waals surface area (Å²) in [5.74, 6) is 8.44. The van der Waals surface area contributed by atoms with Crippen LogP contribution in [0.4, 0.5) is 0 Å². The van der Waals surface area contributed by atoms with E-state index in [1.54, 1.807) is 57.8 Å². The Hall–Kier alpha value is 0. The zero-order chi connectivity index (χ0) is 20.3. The molecule has 0 N–H and O–H groups in total. The third-order valence-corrected chi connectivity index (χ3v) is 10.4. The minimum Gasteiger partial charge on any atom is -0.0683 e. The summed E-state index contributed by atoms with van der Waals surface area (Å²) in [5.41, 5.74) is 0.712. The predicted octanol–water partition coefficient (Wildman–Crippen LogP) is 9.13. The first-order chi connectivity index (χ1) is 13.5. The van der Waals surface area contributed by atoms with Crippen molar-refractivity contribution in [3.63, 3.8) is 0 Å². The standard InChI is InChI=1S/C26H46.C2H6/c1-18(2)19(3)8-7-10-21-13-15-25-24-14-12-20-9-5-6-11-22(20)23(24)16-17-26(21,25)4;1-2/h18-25H,5-17H2,1-4H3;1-2H3. The topological polar surface area (TPSA) is 0 Å². The number of hydrogen-bond donors (Lipinski definition) is 0. The van der Waals surface area contributed by atoms with Crippen LogP contribution in [0.1, 0.15) is 125 Å². The molecule has 0 aromatic heterocycles. The lowest BCUT2D eigenvalue weighted by atomic mass is 9.49. The van der Waals surface area contributed by atoms with Crippen molar-refractivity contribution < 1.29 is 0 Å². The van der Waals surface area contributed by atoms with E-state index in [0.29, 0.717) is 5.41 Å². The van der Waals surface area contributed by atoms with Crippen LogP contribution in [0.25, 0.3) is 0 Å². The highest BCUT2D eigenvalue weighted by Crippen LogP contribution is 2.64. The Bertz CT molecular complexity index is 465. The third kappa shape index (κ3) is 4.37. The van der Waals surface area contributed by atoms with Crippen LogP contribution in [0, 0.1) is 52.8 Å². The van der Waals surface area contributed by atoms with Gasteiger partial charge in [0, 0.05) is 0 Å². The second-order valence-corrected chi connectivity index (χ2v) is 11.7. The van der Waals surface area contributed by atoms with Gasteiger partial charge in [0.25, 0.3) is 0 Å². The van der Waals surface area contributed by atoms with Gasteiger partial charge in [-0.15, -0.1) is 0 Å². The predicted molar refractivity (Wildman–Crippen MR) is 124 cm³/mol. The lowest BCUT2D eigenvalue weighted by Gasteiger charge is -2.56. The van der Waals surface area contributed by atoms with Crippen molar-refractivity contribution in [1.82, 2.24) is 0 Å². The van der Waals surface area contributed by atoms with Gasteiger partial charge in [-0.2, -0.15) is 0 Å². The number of hydrogen-bond acceptors (Lipinski definition) is 0. The third-order valence-electron chi connectivity index (χ3n) is 10.4. The van der Waals surface area contributed by atoms with Gasteiger partial charge in [-0.25, -0.2) is 0 Å². The Labute approximate surface area is 178 Å². The molecule has 0 amide bonds. The fourth-order valence-corrected chi connectivity index (χ4v) is 8.43. The van der Waals surface area contributed by atoms with Crippen molar-refractivity contribution in [3.05, 3.63) is 0 Å². The molecule has 8 atom stereocenters. The lowest BCUT2D eigenvalue weighted by Crippen LogP contribution is -2.48. The Morgan fingerprint density at radius 2 is 1.54 bits per heavy atom. The largest absolute Gasteiger partial charge is 0.0683 e. The van der Waals surface area contributed by atoms with Gasteiger partial charge in [0.1, 0.15) is 0 Å². The normalized spacial score (nSPS) is 43.4. The first kappa shape index (κ1) is 22.7. The average molecular weight is 389 g/mol. The van der Waals surface area contributed by atoms with Crippen LogP contribution >= 0.6 is 0 Å². The molecule has 0 aliphatic heterocycles. The highest BCUT2D eigenvalue weighted by atomic mass is 14.6. The molecule has 4 fully saturated rings. The van der Waals surface area contributed by atoms with Gasteiger partial charge >= 0.3 is 0 Å². The minimum atomic E-state index is 0.712. The van der Waals surface area contributed by atoms with E-state index in [2.05, 4.69) is 27.7 Å². The highest BCUT2D eigenvalue weighted by Gasteiger charge is 2.56. The number of fused-ring (bicyclic) bond motifs is 5. The number of rotatable bonds is 5. The van der Waals surface area contributed by atoms with Gasteiger partial charge in [0.15, 0.2) is 0 Å². The summed E-state index contributed by atoms with van der Waals surface area (Å²) in [6.07, 6.45) is 20.2. The highest BCUT2D eigenvalue weighted by molar-refractivity contribution is 5.05. The van der Waals surface area contributed by atoms with Gasteiger partial charge in [-0.3, -0.25) is 0 Å². The zero-order valence-electron chi connectivity index (χ0n) is 20.3. The van der Waals surface area contributed by atoms with Crippen molar-refractivity contribution in [3.8, 4) is 0 Å². The van der Waals surface area contributed by atoms with E-state index in [9.17, 15) is 0 Å². The summed E-state index contributed by atoms with van der Waals surface area (Å²) >= 11 is 0. The molecule has 0 radical (unpaired) electrons. The monoisotopic (exact) mass is 388 g/mol. The molecule has 8 unspecified atom stereocenters. The van der Waals surface area contributed by atoms with Gasteiger partial charge in [-0.1, -0.05) is 73.6 Å². The van der Waals surface area contributed by atoms with Crippen molar-refractivity contribution >= 4 is 0 Å². The summed E-state index contributed by atoms with van der Waals surface area (Å²) in [7, 11) is 0. The van der Waals surface area contributed by atoms with E-state index in [-0.39, 0.29) is 0 Å². The van der Waals surface area contributed by atoms with Crippen molar-refractivity contribution in [1.29, 1.82) is 0 Å². The van der Waals surface area contributed by atoms with Gasteiger partial charge in [0.05, 0.1) is 0 Å². The molecule has 0 aromatic carbocycles. The molecule has 0 spiro atoms. The van der Waals surface area contributed by atoms with Crippen molar-refractivity contribution in [2.45, 2.75) is 125 Å². The molecule has 0 heteroatoms. The molecule has 0 bridgehead atoms. The maximum absolute atomic E-state index is 2.74. The van der Waals surface area contributed by atoms with Crippen LogP contribution < -0.4 is 0 Å². The second-order valence-electron chi connectivity index (χ2n) is 11.7. The Kier molecular flexibility index (Phi) is 8.00. The molecule has 164 valence electrons. The lowest BCUT2D eigenvalue weighted by molar-refractivity contribution is -0.0631. The van der Waals surface area contributed by atoms with Crippen LogP contribution in [-0.4, -0.2) is 0 Å². The smallest absolute Gasteiger partial charge is 0.0266 e. The minimum absolute atomic E-state index is 0.712. The molecule has 4 aliphatic rings. The molecule has 0 aromatic rings. The molecule has 0 heterocycles. The van der Waals surface area contributed by atoms with Crippen LogP contribution in [0.2, 0.25) is 0 Å². The Balaban J connectivity index is 0.00000109. The summed E-state index contributed by atoms with van der Waals surface area (Å²) < 4.78 is 0. The average Bonchev–Trinajstić information content (AvgIpc) is 3.05. The molecule has 0 nitrogen and oxygen atoms in total. The van der Waals surface area contributed by atoms with Crippen molar-refractivity contribution in [2.75, 3.05) is 0 Å². The molecular formula is C28H52. The van der Waals surface area contributed by atoms with E-state index in [4.69, 9.17) is 0 Å². The summed E-state index contributed by atoms with van der Waals surface area (Å²) in [4.78, 5) is 0. The zero-order valence-corrected chi connectivity index (χ0v) is 20.3. The van der Waals surface area contributed by atoms with Gasteiger partial charge in [-0.05, 0) is 104 Å². The first-order valence-electron chi connectivity index (χ1n) is 13.5. The molecule has 0 saturated heterocycles. The molecular weight excluding hydrogens is 336 g/mol. The van der Waals surface area contributed by atoms with Gasteiger partial charge < -0.3 is 0 Å². The van der Waals surface area contributed by atoms with Crippen molar-refractivity contribution in [2.24, 2.45) is 52.8 Å². The van der Waals surface area contributed by atoms with Crippen LogP contribution in [0.3, 0.4) is 0 Å². The van der Waals surface area contributed by atoms with E-state index in [1.165, 1.54) is 25.7 Å². The summed E-state index contributed by atoms with van der Waals surface area (Å²) in [6, 6.07) is 0. The molecule has 28 heavy (non-hydrogen) atoms. The van der Waals surface area contributed by atoms with Crippen LogP contribution in [0.5, 0.6) is 0 Å². The summed E-state index contributed by atoms with van der Waals surface area (Å²) in [5, 5.41) is 0. The maximum atomic E-state index is 2.74. The quantitative estimate of drug-likeness (QED) is 0.440. The van der Waals surface area contributed by atoms with Gasteiger partial charge in [0.2, 0.25) is 0 Å². The fourth-order valence-electron chi connectivity index (χ4n) is 8.43. The fraction of sp³-hybridized carbons (Fsp3) is 1.00. The maximum Gasteiger partial charge on any atom is -0.0266 e. The molecule has 4 saturated carbocycles. The Morgan fingerprint density at radius 1 is 0.786 bits per heavy atom. The van der Waals surface area contributed by atoms with Crippen LogP contribution in [-0.2, 0) is 0 Å². The Morgan fingerprint density at radius 3 is 2.29 bits per heavy atom.